The Morgan fingerprint density at radius 3 is 2.32 bits per heavy atom. The number of rotatable bonds is 7. The lowest BCUT2D eigenvalue weighted by molar-refractivity contribution is -0.137. The summed E-state index contributed by atoms with van der Waals surface area (Å²) in [5, 5.41) is 3.87. The van der Waals surface area contributed by atoms with E-state index in [9.17, 15) is 26.4 Å². The zero-order valence-electron chi connectivity index (χ0n) is 18.7. The molecule has 0 unspecified atom stereocenters. The van der Waals surface area contributed by atoms with Gasteiger partial charge >= 0.3 is 6.18 Å². The minimum absolute atomic E-state index is 0.0136. The number of para-hydroxylation sites is 2. The van der Waals surface area contributed by atoms with Crippen LogP contribution in [0.15, 0.2) is 65.8 Å². The zero-order chi connectivity index (χ0) is 25.1. The Morgan fingerprint density at radius 2 is 1.71 bits per heavy atom. The van der Waals surface area contributed by atoms with Crippen molar-refractivity contribution in [2.24, 2.45) is 5.10 Å². The summed E-state index contributed by atoms with van der Waals surface area (Å²) in [6, 6.07) is 15.0. The van der Waals surface area contributed by atoms with Crippen LogP contribution in [-0.4, -0.2) is 37.9 Å². The highest BCUT2D eigenvalue weighted by Crippen LogP contribution is 2.35. The lowest BCUT2D eigenvalue weighted by atomic mass is 10.1. The molecule has 0 fully saturated rings. The molecule has 3 rings (SSSR count). The fourth-order valence-corrected chi connectivity index (χ4v) is 4.39. The summed E-state index contributed by atoms with van der Waals surface area (Å²) in [5.74, 6) is -0.679. The van der Waals surface area contributed by atoms with E-state index in [4.69, 9.17) is 0 Å². The molecule has 1 heterocycles. The summed E-state index contributed by atoms with van der Waals surface area (Å²) in [4.78, 5) is 12.3. The van der Waals surface area contributed by atoms with Crippen LogP contribution in [0.1, 0.15) is 22.5 Å². The van der Waals surface area contributed by atoms with Crippen LogP contribution in [0.5, 0.6) is 0 Å². The number of alkyl halides is 3. The Balaban J connectivity index is 1.80. The van der Waals surface area contributed by atoms with Crippen molar-refractivity contribution < 1.29 is 26.4 Å². The van der Waals surface area contributed by atoms with Gasteiger partial charge in [0.25, 0.3) is 5.91 Å². The molecule has 1 N–H and O–H groups in total. The molecular weight excluding hydrogens is 469 g/mol. The number of sulfonamides is 1. The van der Waals surface area contributed by atoms with Gasteiger partial charge in [-0.05, 0) is 44.2 Å². The third-order valence-electron chi connectivity index (χ3n) is 5.05. The van der Waals surface area contributed by atoms with Crippen molar-refractivity contribution in [3.63, 3.8) is 0 Å². The molecule has 180 valence electrons. The van der Waals surface area contributed by atoms with Crippen molar-refractivity contribution in [2.45, 2.75) is 20.0 Å². The van der Waals surface area contributed by atoms with E-state index >= 15 is 0 Å². The van der Waals surface area contributed by atoms with E-state index in [1.807, 2.05) is 0 Å². The third-order valence-corrected chi connectivity index (χ3v) is 6.19. The number of hydrogen-bond donors (Lipinski definition) is 1. The zero-order valence-corrected chi connectivity index (χ0v) is 19.5. The maximum absolute atomic E-state index is 13.5. The molecule has 0 bridgehead atoms. The number of halogens is 3. The summed E-state index contributed by atoms with van der Waals surface area (Å²) < 4.78 is 67.0. The van der Waals surface area contributed by atoms with Gasteiger partial charge < -0.3 is 4.57 Å². The molecule has 0 radical (unpaired) electrons. The number of carbonyl (C=O) groups is 1. The first kappa shape index (κ1) is 25.0. The van der Waals surface area contributed by atoms with Gasteiger partial charge in [-0.1, -0.05) is 30.3 Å². The van der Waals surface area contributed by atoms with E-state index in [-0.39, 0.29) is 5.69 Å². The fourth-order valence-electron chi connectivity index (χ4n) is 3.53. The SMILES string of the molecule is Cc1cc(/C=N\NC(=O)CN(c2ccccc2)S(C)(=O)=O)c(C)n1-c1ccccc1C(F)(F)F. The molecule has 7 nitrogen and oxygen atoms in total. The van der Waals surface area contributed by atoms with Gasteiger partial charge in [0.05, 0.1) is 29.4 Å². The molecule has 1 aromatic heterocycles. The number of carbonyl (C=O) groups excluding carboxylic acids is 1. The highest BCUT2D eigenvalue weighted by atomic mass is 32.2. The minimum Gasteiger partial charge on any atom is -0.317 e. The summed E-state index contributed by atoms with van der Waals surface area (Å²) in [6.07, 6.45) is -2.23. The first-order valence-corrected chi connectivity index (χ1v) is 11.9. The second-order valence-electron chi connectivity index (χ2n) is 7.58. The van der Waals surface area contributed by atoms with Gasteiger partial charge in [-0.25, -0.2) is 13.8 Å². The third kappa shape index (κ3) is 5.66. The molecule has 0 saturated carbocycles. The molecule has 0 saturated heterocycles. The Kier molecular flexibility index (Phi) is 7.15. The molecule has 0 aliphatic heterocycles. The maximum Gasteiger partial charge on any atom is 0.418 e. The predicted molar refractivity (Wildman–Crippen MR) is 125 cm³/mol. The molecular formula is C23H23F3N4O3S. The number of benzene rings is 2. The topological polar surface area (TPSA) is 83.8 Å². The van der Waals surface area contributed by atoms with Gasteiger partial charge in [-0.2, -0.15) is 18.3 Å². The van der Waals surface area contributed by atoms with E-state index in [1.54, 1.807) is 50.2 Å². The van der Waals surface area contributed by atoms with E-state index in [1.165, 1.54) is 29.0 Å². The number of hydrazone groups is 1. The average molecular weight is 493 g/mol. The predicted octanol–water partition coefficient (Wildman–Crippen LogP) is 4.03. The van der Waals surface area contributed by atoms with Crippen molar-refractivity contribution in [1.82, 2.24) is 9.99 Å². The molecule has 0 atom stereocenters. The largest absolute Gasteiger partial charge is 0.418 e. The van der Waals surface area contributed by atoms with Crippen LogP contribution in [0.4, 0.5) is 18.9 Å². The lowest BCUT2D eigenvalue weighted by Gasteiger charge is -2.21. The van der Waals surface area contributed by atoms with Crippen LogP contribution in [0, 0.1) is 13.8 Å². The van der Waals surface area contributed by atoms with Crippen LogP contribution in [-0.2, 0) is 21.0 Å². The number of anilines is 1. The quantitative estimate of drug-likeness (QED) is 0.399. The van der Waals surface area contributed by atoms with Gasteiger partial charge in [0.2, 0.25) is 10.0 Å². The van der Waals surface area contributed by atoms with E-state index in [0.717, 1.165) is 16.6 Å². The first-order valence-electron chi connectivity index (χ1n) is 10.1. The van der Waals surface area contributed by atoms with Gasteiger partial charge in [0.15, 0.2) is 0 Å². The van der Waals surface area contributed by atoms with Crippen LogP contribution in [0.2, 0.25) is 0 Å². The Morgan fingerprint density at radius 1 is 1.09 bits per heavy atom. The van der Waals surface area contributed by atoms with Crippen molar-refractivity contribution in [1.29, 1.82) is 0 Å². The smallest absolute Gasteiger partial charge is 0.317 e. The van der Waals surface area contributed by atoms with Gasteiger partial charge in [0, 0.05) is 17.0 Å². The Bertz CT molecular complexity index is 1320. The minimum atomic E-state index is -4.52. The molecule has 0 aliphatic rings. The number of hydrogen-bond acceptors (Lipinski definition) is 4. The van der Waals surface area contributed by atoms with Gasteiger partial charge in [0.1, 0.15) is 6.54 Å². The van der Waals surface area contributed by atoms with Crippen molar-refractivity contribution in [2.75, 3.05) is 17.1 Å². The first-order chi connectivity index (χ1) is 15.9. The van der Waals surface area contributed by atoms with E-state index in [2.05, 4.69) is 10.5 Å². The maximum atomic E-state index is 13.5. The molecule has 11 heteroatoms. The number of aromatic nitrogens is 1. The van der Waals surface area contributed by atoms with Crippen LogP contribution in [0.25, 0.3) is 5.69 Å². The lowest BCUT2D eigenvalue weighted by Crippen LogP contribution is -2.38. The van der Waals surface area contributed by atoms with Crippen LogP contribution < -0.4 is 9.73 Å². The average Bonchev–Trinajstić information content (AvgIpc) is 3.04. The number of aryl methyl sites for hydroxylation is 1. The number of nitrogens with one attached hydrogen (secondary N) is 1. The second kappa shape index (κ2) is 9.72. The molecule has 3 aromatic rings. The Labute approximate surface area is 195 Å². The monoisotopic (exact) mass is 492 g/mol. The second-order valence-corrected chi connectivity index (χ2v) is 9.48. The van der Waals surface area contributed by atoms with Crippen LogP contribution >= 0.6 is 0 Å². The van der Waals surface area contributed by atoms with E-state index < -0.39 is 34.2 Å². The Hall–Kier alpha value is -3.60. The molecule has 2 aromatic carbocycles. The van der Waals surface area contributed by atoms with Gasteiger partial charge in [-0.3, -0.25) is 9.10 Å². The summed E-state index contributed by atoms with van der Waals surface area (Å²) >= 11 is 0. The summed E-state index contributed by atoms with van der Waals surface area (Å²) in [7, 11) is -3.72. The van der Waals surface area contributed by atoms with Gasteiger partial charge in [-0.15, -0.1) is 0 Å². The molecule has 1 amide bonds. The highest BCUT2D eigenvalue weighted by Gasteiger charge is 2.34. The fraction of sp³-hybridized carbons (Fsp3) is 0.217. The number of nitrogens with zero attached hydrogens (tertiary/aromatic N) is 3. The standard InChI is InChI=1S/C23H23F3N4O3S/c1-16-13-18(17(2)30(16)21-12-8-7-11-20(21)23(24,25)26)14-27-28-22(31)15-29(34(3,32)33)19-9-5-4-6-10-19/h4-14H,15H2,1-3H3,(H,28,31)/b27-14-. The van der Waals surface area contributed by atoms with Crippen LogP contribution in [0.3, 0.4) is 0 Å². The summed E-state index contributed by atoms with van der Waals surface area (Å²) in [6.45, 7) is 2.82. The molecule has 34 heavy (non-hydrogen) atoms. The van der Waals surface area contributed by atoms with Crippen molar-refractivity contribution in [3.05, 3.63) is 83.2 Å². The highest BCUT2D eigenvalue weighted by molar-refractivity contribution is 7.92. The molecule has 0 aliphatic carbocycles. The summed E-state index contributed by atoms with van der Waals surface area (Å²) in [5.41, 5.74) is 3.36. The number of amides is 1. The van der Waals surface area contributed by atoms with Crippen molar-refractivity contribution >= 4 is 27.8 Å². The van der Waals surface area contributed by atoms with E-state index in [0.29, 0.717) is 22.6 Å². The molecule has 0 spiro atoms. The van der Waals surface area contributed by atoms with Crippen molar-refractivity contribution in [3.8, 4) is 5.69 Å². The normalized spacial score (nSPS) is 12.2.